The highest BCUT2D eigenvalue weighted by Crippen LogP contribution is 2.44. The van der Waals surface area contributed by atoms with Crippen molar-refractivity contribution in [3.8, 4) is 0 Å². The highest BCUT2D eigenvalue weighted by atomic mass is 32.1. The molecular weight excluding hydrogens is 481 g/mol. The number of hydrogen-bond donors (Lipinski definition) is 0. The van der Waals surface area contributed by atoms with E-state index in [4.69, 9.17) is 0 Å². The van der Waals surface area contributed by atoms with Crippen LogP contribution in [0, 0.1) is 0 Å². The fraction of sp³-hybridized carbons (Fsp3) is 0.500. The van der Waals surface area contributed by atoms with Gasteiger partial charge in [0, 0.05) is 39.3 Å². The minimum Gasteiger partial charge on any atom is -0.140 e. The monoisotopic (exact) mass is 520 g/mol. The Kier molecular flexibility index (Phi) is 8.16. The van der Waals surface area contributed by atoms with Crippen LogP contribution in [0.4, 0.5) is 0 Å². The molecule has 35 heavy (non-hydrogen) atoms. The van der Waals surface area contributed by atoms with Crippen molar-refractivity contribution in [2.75, 3.05) is 0 Å². The first kappa shape index (κ1) is 25.2. The molecule has 0 bridgehead atoms. The second-order valence-electron chi connectivity index (χ2n) is 10.4. The van der Waals surface area contributed by atoms with E-state index >= 15 is 0 Å². The van der Waals surface area contributed by atoms with Crippen LogP contribution < -0.4 is 0 Å². The second-order valence-corrected chi connectivity index (χ2v) is 13.7. The van der Waals surface area contributed by atoms with Crippen LogP contribution >= 0.6 is 34.0 Å². The first-order chi connectivity index (χ1) is 17.1. The molecule has 0 aliphatic carbocycles. The third kappa shape index (κ3) is 5.20. The molecule has 5 rings (SSSR count). The van der Waals surface area contributed by atoms with Crippen LogP contribution in [0.3, 0.4) is 0 Å². The molecule has 3 aromatic heterocycles. The Hall–Kier alpha value is -1.42. The predicted octanol–water partition coefficient (Wildman–Crippen LogP) is 12.6. The van der Waals surface area contributed by atoms with E-state index in [-0.39, 0.29) is 0 Å². The van der Waals surface area contributed by atoms with Gasteiger partial charge in [-0.15, -0.1) is 34.0 Å². The molecule has 186 valence electrons. The van der Waals surface area contributed by atoms with Gasteiger partial charge in [0.1, 0.15) is 0 Å². The van der Waals surface area contributed by atoms with Gasteiger partial charge in [0.05, 0.1) is 0 Å². The minimum atomic E-state index is 0.724. The molecule has 0 saturated carbocycles. The van der Waals surface area contributed by atoms with Gasteiger partial charge in [-0.3, -0.25) is 0 Å². The molecule has 0 spiro atoms. The maximum absolute atomic E-state index is 2.51. The largest absolute Gasteiger partial charge is 0.140 e. The summed E-state index contributed by atoms with van der Waals surface area (Å²) in [6.45, 7) is 9.33. The Morgan fingerprint density at radius 1 is 0.514 bits per heavy atom. The van der Waals surface area contributed by atoms with E-state index in [1.165, 1.54) is 105 Å². The van der Waals surface area contributed by atoms with Crippen LogP contribution in [0.5, 0.6) is 0 Å². The topological polar surface area (TPSA) is 0 Å². The first-order valence-electron chi connectivity index (χ1n) is 14.0. The fourth-order valence-corrected chi connectivity index (χ4v) is 9.57. The lowest BCUT2D eigenvalue weighted by atomic mass is 9.96. The molecule has 0 N–H and O–H groups in total. The summed E-state index contributed by atoms with van der Waals surface area (Å²) in [6, 6.07) is 14.9. The zero-order valence-electron chi connectivity index (χ0n) is 21.9. The molecule has 0 nitrogen and oxygen atoms in total. The average Bonchev–Trinajstić information content (AvgIpc) is 3.55. The number of hydrogen-bond acceptors (Lipinski definition) is 3. The molecule has 2 aromatic carbocycles. The molecule has 0 amide bonds. The van der Waals surface area contributed by atoms with Gasteiger partial charge < -0.3 is 0 Å². The van der Waals surface area contributed by atoms with Crippen molar-refractivity contribution >= 4 is 74.4 Å². The third-order valence-electron chi connectivity index (χ3n) is 7.89. The molecule has 5 aromatic rings. The van der Waals surface area contributed by atoms with E-state index in [9.17, 15) is 0 Å². The normalized spacial score (nSPS) is 14.1. The third-order valence-corrected chi connectivity index (χ3v) is 11.5. The van der Waals surface area contributed by atoms with E-state index < -0.39 is 0 Å². The van der Waals surface area contributed by atoms with Gasteiger partial charge in [-0.1, -0.05) is 66.2 Å². The van der Waals surface area contributed by atoms with E-state index in [0.29, 0.717) is 0 Å². The van der Waals surface area contributed by atoms with Gasteiger partial charge in [0.15, 0.2) is 0 Å². The summed E-state index contributed by atoms with van der Waals surface area (Å²) in [5.74, 6) is 1.45. The number of fused-ring (bicyclic) bond motifs is 5. The van der Waals surface area contributed by atoms with E-state index in [1.807, 2.05) is 34.0 Å². The molecule has 0 radical (unpaired) electrons. The summed E-state index contributed by atoms with van der Waals surface area (Å²) in [6.07, 6.45) is 13.2. The van der Waals surface area contributed by atoms with Crippen LogP contribution in [0.25, 0.3) is 40.3 Å². The number of thiophene rings is 3. The molecule has 3 heterocycles. The highest BCUT2D eigenvalue weighted by molar-refractivity contribution is 7.27. The molecule has 0 aliphatic rings. The lowest BCUT2D eigenvalue weighted by Crippen LogP contribution is -1.94. The molecule has 2 unspecified atom stereocenters. The van der Waals surface area contributed by atoms with Gasteiger partial charge >= 0.3 is 0 Å². The maximum atomic E-state index is 2.51. The van der Waals surface area contributed by atoms with E-state index in [1.54, 1.807) is 9.75 Å². The van der Waals surface area contributed by atoms with Crippen molar-refractivity contribution < 1.29 is 0 Å². The molecular formula is C32H40S3. The smallest absolute Gasteiger partial charge is 0.0369 e. The molecule has 0 aliphatic heterocycles. The van der Waals surface area contributed by atoms with Crippen molar-refractivity contribution in [3.05, 3.63) is 46.2 Å². The number of benzene rings is 2. The van der Waals surface area contributed by atoms with Crippen molar-refractivity contribution in [1.29, 1.82) is 0 Å². The van der Waals surface area contributed by atoms with Gasteiger partial charge in [-0.2, -0.15) is 0 Å². The summed E-state index contributed by atoms with van der Waals surface area (Å²) in [5, 5.41) is 5.79. The first-order valence-corrected chi connectivity index (χ1v) is 16.4. The Bertz CT molecular complexity index is 1310. The lowest BCUT2D eigenvalue weighted by Gasteiger charge is -2.12. The molecule has 2 atom stereocenters. The van der Waals surface area contributed by atoms with Crippen LogP contribution in [-0.2, 0) is 0 Å². The van der Waals surface area contributed by atoms with E-state index in [0.717, 1.165) is 11.8 Å². The highest BCUT2D eigenvalue weighted by Gasteiger charge is 2.17. The predicted molar refractivity (Wildman–Crippen MR) is 164 cm³/mol. The Balaban J connectivity index is 1.49. The average molecular weight is 521 g/mol. The minimum absolute atomic E-state index is 0.724. The lowest BCUT2D eigenvalue weighted by molar-refractivity contribution is 0.560. The number of unbranched alkanes of at least 4 members (excludes halogenated alkanes) is 4. The van der Waals surface area contributed by atoms with Crippen molar-refractivity contribution in [3.63, 3.8) is 0 Å². The number of rotatable bonds is 12. The van der Waals surface area contributed by atoms with Gasteiger partial charge in [0.2, 0.25) is 0 Å². The zero-order chi connectivity index (χ0) is 24.4. The summed E-state index contributed by atoms with van der Waals surface area (Å²) in [4.78, 5) is 3.19. The zero-order valence-corrected chi connectivity index (χ0v) is 24.4. The Morgan fingerprint density at radius 2 is 0.971 bits per heavy atom. The molecule has 0 saturated heterocycles. The van der Waals surface area contributed by atoms with Gasteiger partial charge in [-0.05, 0) is 84.7 Å². The summed E-state index contributed by atoms with van der Waals surface area (Å²) < 4.78 is 5.83. The van der Waals surface area contributed by atoms with Crippen LogP contribution in [0.1, 0.15) is 113 Å². The standard InChI is InChI=1S/C32H40S3/c1-5-9-11-13-21(7-3)27-17-23-15-25-26-16-24-18-28(22(8-4)14-12-10-6-2)34-30(24)20-32(26)35-31(25)19-29(23)33-27/h15-22H,5-14H2,1-4H3. The van der Waals surface area contributed by atoms with Gasteiger partial charge in [-0.25, -0.2) is 0 Å². The molecule has 0 fully saturated rings. The van der Waals surface area contributed by atoms with E-state index in [2.05, 4.69) is 64.1 Å². The quantitative estimate of drug-likeness (QED) is 0.143. The maximum Gasteiger partial charge on any atom is 0.0369 e. The Morgan fingerprint density at radius 3 is 1.37 bits per heavy atom. The van der Waals surface area contributed by atoms with Crippen molar-refractivity contribution in [2.24, 2.45) is 0 Å². The Labute approximate surface area is 223 Å². The molecule has 3 heteroatoms. The summed E-state index contributed by atoms with van der Waals surface area (Å²) >= 11 is 6.07. The fourth-order valence-electron chi connectivity index (χ4n) is 5.66. The van der Waals surface area contributed by atoms with Crippen LogP contribution in [-0.4, -0.2) is 0 Å². The van der Waals surface area contributed by atoms with Crippen LogP contribution in [0.15, 0.2) is 36.4 Å². The second kappa shape index (κ2) is 11.3. The summed E-state index contributed by atoms with van der Waals surface area (Å²) in [5.41, 5.74) is 0. The SMILES string of the molecule is CCCCCC(CC)c1cc2cc3c(cc2s1)sc1cc2sc(C(CC)CCCCC)cc2cc13. The van der Waals surface area contributed by atoms with Crippen molar-refractivity contribution in [1.82, 2.24) is 0 Å². The van der Waals surface area contributed by atoms with Crippen LogP contribution in [0.2, 0.25) is 0 Å². The van der Waals surface area contributed by atoms with Crippen molar-refractivity contribution in [2.45, 2.75) is 104 Å². The summed E-state index contributed by atoms with van der Waals surface area (Å²) in [7, 11) is 0. The van der Waals surface area contributed by atoms with Gasteiger partial charge in [0.25, 0.3) is 0 Å².